The van der Waals surface area contributed by atoms with Crippen molar-refractivity contribution < 1.29 is 4.79 Å². The van der Waals surface area contributed by atoms with Gasteiger partial charge >= 0.3 is 0 Å². The number of benzene rings is 2. The van der Waals surface area contributed by atoms with Gasteiger partial charge in [0.1, 0.15) is 0 Å². The third-order valence-corrected chi connectivity index (χ3v) is 7.84. The summed E-state index contributed by atoms with van der Waals surface area (Å²) in [6.07, 6.45) is 0.722. The molecule has 7 heteroatoms. The standard InChI is InChI=1S/C28H38ClN5O/c1-4-31(5-2)20-27(22-10-12-25(29)13-11-22)32-14-16-33(17-15-32)28(35)21(3)26-18-23-8-6-7-9-24(23)19-34(26)30/h6-13,26-27H,3-5,14-20,30H2,1-2H3. The predicted octanol–water partition coefficient (Wildman–Crippen LogP) is 3.72. The van der Waals surface area contributed by atoms with Crippen LogP contribution in [-0.4, -0.2) is 77.5 Å². The van der Waals surface area contributed by atoms with Gasteiger partial charge in [-0.05, 0) is 48.3 Å². The monoisotopic (exact) mass is 495 g/mol. The SMILES string of the molecule is C=C(C(=O)N1CCN(C(CN(CC)CC)c2ccc(Cl)cc2)CC1)C1Cc2ccccc2CN1N. The Morgan fingerprint density at radius 2 is 1.69 bits per heavy atom. The number of piperazine rings is 1. The second-order valence-electron chi connectivity index (χ2n) is 9.57. The summed E-state index contributed by atoms with van der Waals surface area (Å²) in [6, 6.07) is 16.6. The van der Waals surface area contributed by atoms with Crippen LogP contribution in [-0.2, 0) is 17.8 Å². The number of nitrogens with two attached hydrogens (primary N) is 1. The number of rotatable bonds is 8. The molecule has 1 amide bonds. The average molecular weight is 496 g/mol. The smallest absolute Gasteiger partial charge is 0.250 e. The molecule has 0 aromatic heterocycles. The molecule has 2 aromatic carbocycles. The van der Waals surface area contributed by atoms with Crippen molar-refractivity contribution in [3.05, 3.63) is 82.4 Å². The summed E-state index contributed by atoms with van der Waals surface area (Å²) in [4.78, 5) is 20.3. The third kappa shape index (κ3) is 5.96. The molecule has 1 fully saturated rings. The highest BCUT2D eigenvalue weighted by Gasteiger charge is 2.33. The number of hydrogen-bond acceptors (Lipinski definition) is 5. The average Bonchev–Trinajstić information content (AvgIpc) is 2.89. The largest absolute Gasteiger partial charge is 0.336 e. The molecule has 35 heavy (non-hydrogen) atoms. The lowest BCUT2D eigenvalue weighted by Crippen LogP contribution is -2.54. The van der Waals surface area contributed by atoms with Crippen molar-refractivity contribution in [2.75, 3.05) is 45.8 Å². The quantitative estimate of drug-likeness (QED) is 0.447. The fourth-order valence-electron chi connectivity index (χ4n) is 5.29. The number of hydrazine groups is 1. The van der Waals surface area contributed by atoms with Crippen LogP contribution < -0.4 is 5.84 Å². The number of carbonyl (C=O) groups excluding carboxylic acids is 1. The Morgan fingerprint density at radius 1 is 1.06 bits per heavy atom. The maximum absolute atomic E-state index is 13.4. The number of hydrogen-bond donors (Lipinski definition) is 1. The van der Waals surface area contributed by atoms with Gasteiger partial charge in [0.25, 0.3) is 5.91 Å². The zero-order valence-corrected chi connectivity index (χ0v) is 21.8. The molecule has 2 aliphatic heterocycles. The van der Waals surface area contributed by atoms with E-state index in [4.69, 9.17) is 17.4 Å². The van der Waals surface area contributed by atoms with Crippen molar-refractivity contribution in [1.29, 1.82) is 0 Å². The van der Waals surface area contributed by atoms with Gasteiger partial charge in [-0.2, -0.15) is 0 Å². The zero-order valence-electron chi connectivity index (χ0n) is 21.0. The molecular weight excluding hydrogens is 458 g/mol. The van der Waals surface area contributed by atoms with Gasteiger partial charge < -0.3 is 9.80 Å². The van der Waals surface area contributed by atoms with Crippen molar-refractivity contribution in [2.45, 2.75) is 38.9 Å². The Balaban J connectivity index is 1.41. The second-order valence-corrected chi connectivity index (χ2v) is 10.0. The van der Waals surface area contributed by atoms with E-state index in [2.05, 4.69) is 54.5 Å². The lowest BCUT2D eigenvalue weighted by atomic mass is 9.91. The summed E-state index contributed by atoms with van der Waals surface area (Å²) in [5.41, 5.74) is 4.33. The summed E-state index contributed by atoms with van der Waals surface area (Å²) in [6.45, 7) is 15.3. The molecule has 2 aliphatic rings. The molecule has 2 N–H and O–H groups in total. The highest BCUT2D eigenvalue weighted by molar-refractivity contribution is 6.30. The predicted molar refractivity (Wildman–Crippen MR) is 143 cm³/mol. The Bertz CT molecular complexity index is 1010. The van der Waals surface area contributed by atoms with Crippen LogP contribution in [0.15, 0.2) is 60.7 Å². The van der Waals surface area contributed by atoms with Crippen molar-refractivity contribution in [3.63, 3.8) is 0 Å². The zero-order chi connectivity index (χ0) is 24.9. The van der Waals surface area contributed by atoms with Gasteiger partial charge in [-0.15, -0.1) is 0 Å². The Kier molecular flexibility index (Phi) is 8.63. The summed E-state index contributed by atoms with van der Waals surface area (Å²) < 4.78 is 0. The van der Waals surface area contributed by atoms with E-state index < -0.39 is 0 Å². The molecule has 188 valence electrons. The highest BCUT2D eigenvalue weighted by Crippen LogP contribution is 2.28. The minimum absolute atomic E-state index is 0.0243. The molecule has 0 spiro atoms. The van der Waals surface area contributed by atoms with Gasteiger partial charge in [-0.3, -0.25) is 15.5 Å². The summed E-state index contributed by atoms with van der Waals surface area (Å²) in [7, 11) is 0. The number of halogens is 1. The summed E-state index contributed by atoms with van der Waals surface area (Å²) >= 11 is 6.16. The molecule has 2 heterocycles. The summed E-state index contributed by atoms with van der Waals surface area (Å²) in [5.74, 6) is 6.38. The molecule has 0 aliphatic carbocycles. The van der Waals surface area contributed by atoms with E-state index >= 15 is 0 Å². The number of fused-ring (bicyclic) bond motifs is 1. The number of nitrogens with zero attached hydrogens (tertiary/aromatic N) is 4. The minimum Gasteiger partial charge on any atom is -0.336 e. The van der Waals surface area contributed by atoms with Gasteiger partial charge in [-0.1, -0.05) is 68.4 Å². The second kappa shape index (κ2) is 11.7. The Labute approximate surface area is 214 Å². The van der Waals surface area contributed by atoms with Gasteiger partial charge in [-0.25, -0.2) is 5.01 Å². The molecular formula is C28H38ClN5O. The molecule has 4 rings (SSSR count). The van der Waals surface area contributed by atoms with Crippen LogP contribution in [0.25, 0.3) is 0 Å². The van der Waals surface area contributed by atoms with Crippen molar-refractivity contribution in [1.82, 2.24) is 19.7 Å². The molecule has 2 atom stereocenters. The van der Waals surface area contributed by atoms with Gasteiger partial charge in [0.2, 0.25) is 0 Å². The van der Waals surface area contributed by atoms with E-state index in [0.29, 0.717) is 25.2 Å². The molecule has 0 bridgehead atoms. The third-order valence-electron chi connectivity index (χ3n) is 7.58. The lowest BCUT2D eigenvalue weighted by molar-refractivity contribution is -0.130. The molecule has 6 nitrogen and oxygen atoms in total. The van der Waals surface area contributed by atoms with E-state index in [1.54, 1.807) is 5.01 Å². The number of amides is 1. The first-order valence-electron chi connectivity index (χ1n) is 12.7. The van der Waals surface area contributed by atoms with Crippen molar-refractivity contribution in [2.24, 2.45) is 5.84 Å². The van der Waals surface area contributed by atoms with Crippen molar-refractivity contribution in [3.8, 4) is 0 Å². The first kappa shape index (κ1) is 25.9. The van der Waals surface area contributed by atoms with E-state index in [0.717, 1.165) is 44.2 Å². The maximum Gasteiger partial charge on any atom is 0.250 e. The highest BCUT2D eigenvalue weighted by atomic mass is 35.5. The number of likely N-dealkylation sites (N-methyl/N-ethyl adjacent to an activating group) is 1. The minimum atomic E-state index is -0.167. The molecule has 1 saturated heterocycles. The molecule has 2 aromatic rings. The van der Waals surface area contributed by atoms with Gasteiger partial charge in [0, 0.05) is 55.9 Å². The van der Waals surface area contributed by atoms with Crippen LogP contribution >= 0.6 is 11.6 Å². The van der Waals surface area contributed by atoms with Gasteiger partial charge in [0.05, 0.1) is 6.04 Å². The fourth-order valence-corrected chi connectivity index (χ4v) is 5.42. The maximum atomic E-state index is 13.4. The van der Waals surface area contributed by atoms with Crippen LogP contribution in [0.5, 0.6) is 0 Å². The number of carbonyl (C=O) groups is 1. The van der Waals surface area contributed by atoms with E-state index in [1.807, 2.05) is 29.2 Å². The van der Waals surface area contributed by atoms with Crippen LogP contribution in [0.4, 0.5) is 0 Å². The topological polar surface area (TPSA) is 56.1 Å². The molecule has 0 saturated carbocycles. The van der Waals surface area contributed by atoms with Crippen molar-refractivity contribution >= 4 is 17.5 Å². The van der Waals surface area contributed by atoms with Crippen LogP contribution in [0.3, 0.4) is 0 Å². The molecule has 0 radical (unpaired) electrons. The van der Waals surface area contributed by atoms with Gasteiger partial charge in [0.15, 0.2) is 0 Å². The summed E-state index contributed by atoms with van der Waals surface area (Å²) in [5, 5.41) is 2.52. The lowest BCUT2D eigenvalue weighted by Gasteiger charge is -2.42. The Hall–Kier alpha value is -2.22. The first-order valence-corrected chi connectivity index (χ1v) is 13.1. The van der Waals surface area contributed by atoms with E-state index in [9.17, 15) is 4.79 Å². The Morgan fingerprint density at radius 3 is 2.31 bits per heavy atom. The van der Waals surface area contributed by atoms with E-state index in [-0.39, 0.29) is 18.0 Å². The first-order chi connectivity index (χ1) is 16.9. The van der Waals surface area contributed by atoms with Crippen LogP contribution in [0.1, 0.15) is 36.6 Å². The molecule has 2 unspecified atom stereocenters. The normalized spacial score (nSPS) is 20.0. The van der Waals surface area contributed by atoms with Crippen LogP contribution in [0, 0.1) is 0 Å². The van der Waals surface area contributed by atoms with E-state index in [1.165, 1.54) is 16.7 Å². The van der Waals surface area contributed by atoms with Crippen LogP contribution in [0.2, 0.25) is 5.02 Å². The fraction of sp³-hybridized carbons (Fsp3) is 0.464.